The van der Waals surface area contributed by atoms with Crippen LogP contribution in [0.4, 0.5) is 13.2 Å². The molecule has 0 fully saturated rings. The molecule has 0 N–H and O–H groups in total. The molecule has 0 atom stereocenters. The van der Waals surface area contributed by atoms with Gasteiger partial charge in [0.15, 0.2) is 0 Å². The summed E-state index contributed by atoms with van der Waals surface area (Å²) in [4.78, 5) is 0. The van der Waals surface area contributed by atoms with E-state index in [1.807, 2.05) is 20.8 Å². The van der Waals surface area contributed by atoms with Gasteiger partial charge in [-0.15, -0.1) is 0 Å². The topological polar surface area (TPSA) is 14.2 Å². The first kappa shape index (κ1) is 12.1. The predicted octanol–water partition coefficient (Wildman–Crippen LogP) is 2.95. The number of rotatable bonds is 3. The molecule has 0 unspecified atom stereocenters. The summed E-state index contributed by atoms with van der Waals surface area (Å²) in [6.45, 7) is 4.45. The van der Waals surface area contributed by atoms with Crippen LogP contribution in [0.1, 0.15) is 16.8 Å². The van der Waals surface area contributed by atoms with Gasteiger partial charge in [0.05, 0.1) is 0 Å². The van der Waals surface area contributed by atoms with Gasteiger partial charge in [0.1, 0.15) is 13.3 Å². The van der Waals surface area contributed by atoms with Crippen LogP contribution in [0.3, 0.4) is 0 Å². The molecule has 0 bridgehead atoms. The Morgan fingerprint density at radius 2 is 1.87 bits per heavy atom. The molecule has 0 spiro atoms. The fraction of sp³-hybridized carbons (Fsp3) is 0.600. The molecule has 15 heavy (non-hydrogen) atoms. The number of nitrogens with zero attached hydrogens (tertiary/aromatic N) is 1. The highest BCUT2D eigenvalue weighted by molar-refractivity contribution is 5.28. The number of ether oxygens (including phenoxy) is 1. The quantitative estimate of drug-likeness (QED) is 0.765. The average molecular weight is 221 g/mol. The minimum absolute atomic E-state index is 0.0555. The second kappa shape index (κ2) is 4.26. The predicted molar refractivity (Wildman–Crippen MR) is 50.7 cm³/mol. The molecule has 1 heterocycles. The third-order valence-corrected chi connectivity index (χ3v) is 2.41. The molecule has 2 nitrogen and oxygen atoms in total. The second-order valence-electron chi connectivity index (χ2n) is 3.59. The van der Waals surface area contributed by atoms with Gasteiger partial charge in [-0.2, -0.15) is 13.2 Å². The molecular weight excluding hydrogens is 207 g/mol. The van der Waals surface area contributed by atoms with Gasteiger partial charge in [-0.3, -0.25) is 0 Å². The van der Waals surface area contributed by atoms with E-state index in [0.717, 1.165) is 16.8 Å². The molecule has 0 aliphatic carbocycles. The Labute approximate surface area is 86.7 Å². The maximum absolute atomic E-state index is 11.8. The van der Waals surface area contributed by atoms with E-state index in [2.05, 4.69) is 4.74 Å². The Hall–Kier alpha value is -0.970. The van der Waals surface area contributed by atoms with E-state index in [9.17, 15) is 13.2 Å². The van der Waals surface area contributed by atoms with Crippen molar-refractivity contribution in [3.05, 3.63) is 23.0 Å². The Morgan fingerprint density at radius 3 is 2.27 bits per heavy atom. The molecule has 1 aromatic rings. The number of hydrogen-bond donors (Lipinski definition) is 0. The molecule has 0 radical (unpaired) electrons. The van der Waals surface area contributed by atoms with Gasteiger partial charge in [-0.25, -0.2) is 0 Å². The zero-order chi connectivity index (χ0) is 11.6. The largest absolute Gasteiger partial charge is 0.411 e. The van der Waals surface area contributed by atoms with Crippen molar-refractivity contribution in [2.75, 3.05) is 6.61 Å². The second-order valence-corrected chi connectivity index (χ2v) is 3.59. The summed E-state index contributed by atoms with van der Waals surface area (Å²) in [6.07, 6.45) is -2.47. The highest BCUT2D eigenvalue weighted by atomic mass is 19.4. The number of halogens is 3. The fourth-order valence-electron chi connectivity index (χ4n) is 1.32. The van der Waals surface area contributed by atoms with E-state index < -0.39 is 12.8 Å². The van der Waals surface area contributed by atoms with Crippen molar-refractivity contribution >= 4 is 0 Å². The Morgan fingerprint density at radius 1 is 1.27 bits per heavy atom. The third-order valence-electron chi connectivity index (χ3n) is 2.41. The van der Waals surface area contributed by atoms with E-state index >= 15 is 0 Å². The lowest BCUT2D eigenvalue weighted by molar-refractivity contribution is -0.181. The summed E-state index contributed by atoms with van der Waals surface area (Å²) in [7, 11) is 0. The Bertz CT molecular complexity index is 341. The van der Waals surface area contributed by atoms with Crippen LogP contribution in [0.15, 0.2) is 6.20 Å². The summed E-state index contributed by atoms with van der Waals surface area (Å²) in [5.41, 5.74) is 3.09. The Balaban J connectivity index is 2.55. The average Bonchev–Trinajstić information content (AvgIpc) is 2.32. The standard InChI is InChI=1S/C10H14F3NO/c1-7-4-14(9(3)8(7)2)6-15-5-10(11,12)13/h4H,5-6H2,1-3H3. The van der Waals surface area contributed by atoms with Crippen LogP contribution >= 0.6 is 0 Å². The van der Waals surface area contributed by atoms with Crippen molar-refractivity contribution in [3.8, 4) is 0 Å². The monoisotopic (exact) mass is 221 g/mol. The van der Waals surface area contributed by atoms with Gasteiger partial charge in [0.25, 0.3) is 0 Å². The van der Waals surface area contributed by atoms with Crippen LogP contribution in [0.25, 0.3) is 0 Å². The number of alkyl halides is 3. The molecule has 1 rings (SSSR count). The minimum atomic E-state index is -4.26. The van der Waals surface area contributed by atoms with Gasteiger partial charge in [0.2, 0.25) is 0 Å². The lowest BCUT2D eigenvalue weighted by atomic mass is 10.2. The molecule has 0 saturated heterocycles. The minimum Gasteiger partial charge on any atom is -0.351 e. The van der Waals surface area contributed by atoms with Crippen LogP contribution in [-0.4, -0.2) is 17.4 Å². The SMILES string of the molecule is Cc1cn(COCC(F)(F)F)c(C)c1C. The molecule has 0 amide bonds. The molecule has 0 saturated carbocycles. The molecule has 0 aliphatic heterocycles. The number of hydrogen-bond acceptors (Lipinski definition) is 1. The lowest BCUT2D eigenvalue weighted by Crippen LogP contribution is -2.18. The van der Waals surface area contributed by atoms with Crippen LogP contribution in [0.2, 0.25) is 0 Å². The van der Waals surface area contributed by atoms with Gasteiger partial charge in [0, 0.05) is 11.9 Å². The van der Waals surface area contributed by atoms with Crippen LogP contribution in [-0.2, 0) is 11.5 Å². The van der Waals surface area contributed by atoms with E-state index in [-0.39, 0.29) is 6.73 Å². The maximum Gasteiger partial charge on any atom is 0.411 e. The number of aromatic nitrogens is 1. The lowest BCUT2D eigenvalue weighted by Gasteiger charge is -2.09. The first-order chi connectivity index (χ1) is 6.81. The zero-order valence-corrected chi connectivity index (χ0v) is 8.98. The first-order valence-electron chi connectivity index (χ1n) is 4.58. The Kier molecular flexibility index (Phi) is 3.44. The van der Waals surface area contributed by atoms with Gasteiger partial charge in [-0.05, 0) is 31.9 Å². The van der Waals surface area contributed by atoms with Crippen molar-refractivity contribution in [1.29, 1.82) is 0 Å². The molecule has 0 aliphatic rings. The van der Waals surface area contributed by atoms with E-state index in [1.54, 1.807) is 10.8 Å². The zero-order valence-electron chi connectivity index (χ0n) is 8.98. The fourth-order valence-corrected chi connectivity index (χ4v) is 1.32. The molecule has 86 valence electrons. The summed E-state index contributed by atoms with van der Waals surface area (Å²) in [6, 6.07) is 0. The first-order valence-corrected chi connectivity index (χ1v) is 4.58. The van der Waals surface area contributed by atoms with E-state index in [0.29, 0.717) is 0 Å². The van der Waals surface area contributed by atoms with Crippen LogP contribution in [0.5, 0.6) is 0 Å². The molecule has 1 aromatic heterocycles. The summed E-state index contributed by atoms with van der Waals surface area (Å²) >= 11 is 0. The molecule has 0 aromatic carbocycles. The summed E-state index contributed by atoms with van der Waals surface area (Å²) in [5.74, 6) is 0. The molecule has 5 heteroatoms. The van der Waals surface area contributed by atoms with E-state index in [4.69, 9.17) is 0 Å². The van der Waals surface area contributed by atoms with Gasteiger partial charge >= 0.3 is 6.18 Å². The van der Waals surface area contributed by atoms with Crippen LogP contribution in [0, 0.1) is 20.8 Å². The third kappa shape index (κ3) is 3.27. The van der Waals surface area contributed by atoms with Crippen LogP contribution < -0.4 is 0 Å². The van der Waals surface area contributed by atoms with Crippen molar-refractivity contribution in [2.45, 2.75) is 33.7 Å². The molecular formula is C10H14F3NO. The van der Waals surface area contributed by atoms with Crippen molar-refractivity contribution < 1.29 is 17.9 Å². The number of aryl methyl sites for hydroxylation is 1. The van der Waals surface area contributed by atoms with Gasteiger partial charge < -0.3 is 9.30 Å². The van der Waals surface area contributed by atoms with Gasteiger partial charge in [-0.1, -0.05) is 0 Å². The maximum atomic E-state index is 11.8. The smallest absolute Gasteiger partial charge is 0.351 e. The van der Waals surface area contributed by atoms with Crippen molar-refractivity contribution in [3.63, 3.8) is 0 Å². The highest BCUT2D eigenvalue weighted by Crippen LogP contribution is 2.17. The normalized spacial score (nSPS) is 12.1. The van der Waals surface area contributed by atoms with Crippen molar-refractivity contribution in [2.24, 2.45) is 0 Å². The highest BCUT2D eigenvalue weighted by Gasteiger charge is 2.27. The summed E-state index contributed by atoms with van der Waals surface area (Å²) in [5, 5.41) is 0. The summed E-state index contributed by atoms with van der Waals surface area (Å²) < 4.78 is 41.7. The van der Waals surface area contributed by atoms with E-state index in [1.165, 1.54) is 0 Å². The van der Waals surface area contributed by atoms with Crippen molar-refractivity contribution in [1.82, 2.24) is 4.57 Å².